The predicted octanol–water partition coefficient (Wildman–Crippen LogP) is 3.65. The fraction of sp³-hybridized carbons (Fsp3) is 0.304. The molecule has 1 aromatic heterocycles. The maximum Gasteiger partial charge on any atom is 0.405 e. The molecule has 3 rings (SSSR count). The van der Waals surface area contributed by atoms with Crippen LogP contribution < -0.4 is 15.4 Å². The number of halogens is 6. The number of hydrogen-bond donors (Lipinski definition) is 2. The van der Waals surface area contributed by atoms with E-state index in [-0.39, 0.29) is 59.6 Å². The first kappa shape index (κ1) is 28.8. The second kappa shape index (κ2) is 13.1. The minimum atomic E-state index is -4.60. The molecular weight excluding hydrogens is 541 g/mol. The van der Waals surface area contributed by atoms with Gasteiger partial charge in [-0.2, -0.15) is 13.2 Å². The number of carbonyl (C=O) groups excluding carboxylic acids is 2. The molecule has 0 aliphatic rings. The van der Waals surface area contributed by atoms with Crippen molar-refractivity contribution in [2.45, 2.75) is 12.7 Å². The van der Waals surface area contributed by atoms with Crippen LogP contribution in [0.15, 0.2) is 42.6 Å². The molecule has 2 N–H and O–H groups in total. The normalized spacial score (nSPS) is 11.3. The van der Waals surface area contributed by atoms with Gasteiger partial charge >= 0.3 is 6.18 Å². The first-order valence-corrected chi connectivity index (χ1v) is 11.4. The summed E-state index contributed by atoms with van der Waals surface area (Å²) in [4.78, 5) is 24.7. The summed E-state index contributed by atoms with van der Waals surface area (Å²) in [6.07, 6.45) is -3.37. The lowest BCUT2D eigenvalue weighted by molar-refractivity contribution is -0.123. The summed E-state index contributed by atoms with van der Waals surface area (Å²) in [5.74, 6) is -2.29. The van der Waals surface area contributed by atoms with Crippen molar-refractivity contribution in [2.75, 3.05) is 33.0 Å². The average Bonchev–Trinajstić information content (AvgIpc) is 3.36. The first-order chi connectivity index (χ1) is 18.1. The van der Waals surface area contributed by atoms with E-state index in [4.69, 9.17) is 21.1 Å². The lowest BCUT2D eigenvalue weighted by Crippen LogP contribution is -2.33. The highest BCUT2D eigenvalue weighted by Gasteiger charge is 2.28. The predicted molar refractivity (Wildman–Crippen MR) is 125 cm³/mol. The Labute approximate surface area is 217 Å². The summed E-state index contributed by atoms with van der Waals surface area (Å²) < 4.78 is 75.3. The molecule has 0 radical (unpaired) electrons. The smallest absolute Gasteiger partial charge is 0.405 e. The van der Waals surface area contributed by atoms with E-state index in [0.29, 0.717) is 0 Å². The Hall–Kier alpha value is -3.78. The topological polar surface area (TPSA) is 107 Å². The molecule has 0 fully saturated rings. The van der Waals surface area contributed by atoms with Crippen molar-refractivity contribution in [3.8, 4) is 11.4 Å². The SMILES string of the molecule is O=C(NCC(F)(F)F)c1ccc(-n2cc(C(=O)NCc3c(F)cccc3Cl)nn2)c(OCCOCCF)c1. The van der Waals surface area contributed by atoms with E-state index in [0.717, 1.165) is 4.68 Å². The zero-order valence-electron chi connectivity index (χ0n) is 19.5. The van der Waals surface area contributed by atoms with Crippen LogP contribution in [-0.2, 0) is 11.3 Å². The molecule has 0 aliphatic heterocycles. The van der Waals surface area contributed by atoms with Crippen molar-refractivity contribution in [1.82, 2.24) is 25.6 Å². The zero-order valence-corrected chi connectivity index (χ0v) is 20.3. The fourth-order valence-electron chi connectivity index (χ4n) is 3.06. The van der Waals surface area contributed by atoms with Gasteiger partial charge in [-0.05, 0) is 30.3 Å². The van der Waals surface area contributed by atoms with Crippen LogP contribution in [0.2, 0.25) is 5.02 Å². The lowest BCUT2D eigenvalue weighted by atomic mass is 10.1. The molecule has 0 saturated heterocycles. The molecule has 0 aliphatic carbocycles. The van der Waals surface area contributed by atoms with Crippen LogP contribution in [0.5, 0.6) is 5.75 Å². The van der Waals surface area contributed by atoms with Gasteiger partial charge in [0, 0.05) is 22.7 Å². The van der Waals surface area contributed by atoms with Gasteiger partial charge < -0.3 is 20.1 Å². The van der Waals surface area contributed by atoms with E-state index in [1.807, 2.05) is 0 Å². The maximum absolute atomic E-state index is 13.9. The quantitative estimate of drug-likeness (QED) is 0.258. The molecule has 0 saturated carbocycles. The van der Waals surface area contributed by atoms with Gasteiger partial charge in [-0.25, -0.2) is 13.5 Å². The van der Waals surface area contributed by atoms with Crippen molar-refractivity contribution in [3.05, 3.63) is 70.3 Å². The highest BCUT2D eigenvalue weighted by molar-refractivity contribution is 6.31. The van der Waals surface area contributed by atoms with Crippen LogP contribution in [0.25, 0.3) is 5.69 Å². The van der Waals surface area contributed by atoms with E-state index in [2.05, 4.69) is 15.6 Å². The molecule has 9 nitrogen and oxygen atoms in total. The van der Waals surface area contributed by atoms with Crippen LogP contribution >= 0.6 is 11.6 Å². The minimum Gasteiger partial charge on any atom is -0.489 e. The van der Waals surface area contributed by atoms with Crippen LogP contribution in [0.4, 0.5) is 22.0 Å². The summed E-state index contributed by atoms with van der Waals surface area (Å²) >= 11 is 5.96. The fourth-order valence-corrected chi connectivity index (χ4v) is 3.29. The molecule has 2 amide bonds. The van der Waals surface area contributed by atoms with Gasteiger partial charge in [-0.1, -0.05) is 22.9 Å². The highest BCUT2D eigenvalue weighted by atomic mass is 35.5. The number of aromatic nitrogens is 3. The van der Waals surface area contributed by atoms with Crippen molar-refractivity contribution in [3.63, 3.8) is 0 Å². The molecule has 2 aromatic carbocycles. The molecule has 0 atom stereocenters. The average molecular weight is 562 g/mol. The third-order valence-corrected chi connectivity index (χ3v) is 5.19. The van der Waals surface area contributed by atoms with Gasteiger partial charge in [0.25, 0.3) is 11.8 Å². The molecule has 204 valence electrons. The molecule has 1 heterocycles. The third kappa shape index (κ3) is 8.11. The van der Waals surface area contributed by atoms with Crippen LogP contribution in [0, 0.1) is 5.82 Å². The van der Waals surface area contributed by atoms with Crippen molar-refractivity contribution >= 4 is 23.4 Å². The Morgan fingerprint density at radius 3 is 2.55 bits per heavy atom. The summed E-state index contributed by atoms with van der Waals surface area (Å²) in [6.45, 7) is -2.71. The second-order valence-electron chi connectivity index (χ2n) is 7.56. The number of alkyl halides is 4. The minimum absolute atomic E-state index is 0.00324. The van der Waals surface area contributed by atoms with Crippen molar-refractivity contribution in [2.24, 2.45) is 0 Å². The summed E-state index contributed by atoms with van der Waals surface area (Å²) in [7, 11) is 0. The molecule has 15 heteroatoms. The largest absolute Gasteiger partial charge is 0.489 e. The second-order valence-corrected chi connectivity index (χ2v) is 7.97. The Morgan fingerprint density at radius 1 is 1.05 bits per heavy atom. The molecule has 0 bridgehead atoms. The molecule has 3 aromatic rings. The van der Waals surface area contributed by atoms with Gasteiger partial charge in [0.2, 0.25) is 0 Å². The summed E-state index contributed by atoms with van der Waals surface area (Å²) in [6, 6.07) is 7.83. The number of carbonyl (C=O) groups is 2. The van der Waals surface area contributed by atoms with E-state index < -0.39 is 37.0 Å². The van der Waals surface area contributed by atoms with Crippen LogP contribution in [-0.4, -0.2) is 66.0 Å². The lowest BCUT2D eigenvalue weighted by Gasteiger charge is -2.14. The number of benzene rings is 2. The summed E-state index contributed by atoms with van der Waals surface area (Å²) in [5, 5.41) is 12.0. The van der Waals surface area contributed by atoms with Crippen molar-refractivity contribution < 1.29 is 41.0 Å². The molecule has 0 unspecified atom stereocenters. The molecule has 38 heavy (non-hydrogen) atoms. The van der Waals surface area contributed by atoms with Gasteiger partial charge in [-0.3, -0.25) is 9.59 Å². The Balaban J connectivity index is 1.77. The molecular formula is C23H21ClF5N5O4. The number of nitrogens with one attached hydrogen (secondary N) is 2. The van der Waals surface area contributed by atoms with E-state index in [9.17, 15) is 31.5 Å². The van der Waals surface area contributed by atoms with Crippen LogP contribution in [0.1, 0.15) is 26.4 Å². The van der Waals surface area contributed by atoms with Gasteiger partial charge in [0.15, 0.2) is 5.69 Å². The summed E-state index contributed by atoms with van der Waals surface area (Å²) in [5.41, 5.74) is -0.0225. The highest BCUT2D eigenvalue weighted by Crippen LogP contribution is 2.25. The van der Waals surface area contributed by atoms with E-state index >= 15 is 0 Å². The zero-order chi connectivity index (χ0) is 27.7. The van der Waals surface area contributed by atoms with Crippen LogP contribution in [0.3, 0.4) is 0 Å². The Bertz CT molecular complexity index is 1250. The Morgan fingerprint density at radius 2 is 1.84 bits per heavy atom. The standard InChI is InChI=1S/C23H21ClF5N5O4/c24-16-2-1-3-17(26)15(16)11-30-22(36)18-12-34(33-32-18)19-5-4-14(21(35)31-13-23(27,28)29)10-20(19)38-9-8-37-7-6-25/h1-5,10,12H,6-9,11,13H2,(H,30,36)(H,31,35). The monoisotopic (exact) mass is 561 g/mol. The third-order valence-electron chi connectivity index (χ3n) is 4.84. The van der Waals surface area contributed by atoms with Crippen molar-refractivity contribution in [1.29, 1.82) is 0 Å². The van der Waals surface area contributed by atoms with Gasteiger partial charge in [0.1, 0.15) is 37.1 Å². The number of amides is 2. The Kier molecular flexibility index (Phi) is 9.96. The maximum atomic E-state index is 13.9. The van der Waals surface area contributed by atoms with Gasteiger partial charge in [-0.15, -0.1) is 5.10 Å². The number of nitrogens with zero attached hydrogens (tertiary/aromatic N) is 3. The number of rotatable bonds is 12. The number of hydrogen-bond acceptors (Lipinski definition) is 6. The van der Waals surface area contributed by atoms with E-state index in [1.54, 1.807) is 5.32 Å². The first-order valence-electron chi connectivity index (χ1n) is 11.0. The van der Waals surface area contributed by atoms with Gasteiger partial charge in [0.05, 0.1) is 19.4 Å². The number of ether oxygens (including phenoxy) is 2. The van der Waals surface area contributed by atoms with E-state index in [1.165, 1.54) is 42.6 Å². The molecule has 0 spiro atoms.